The third-order valence-corrected chi connectivity index (χ3v) is 5.13. The monoisotopic (exact) mass is 417 g/mol. The summed E-state index contributed by atoms with van der Waals surface area (Å²) in [6, 6.07) is 19.2. The van der Waals surface area contributed by atoms with E-state index in [9.17, 15) is 9.59 Å². The van der Waals surface area contributed by atoms with Crippen LogP contribution in [0.4, 0.5) is 0 Å². The highest BCUT2D eigenvalue weighted by atomic mass is 16.5. The number of ether oxygens (including phenoxy) is 1. The van der Waals surface area contributed by atoms with Gasteiger partial charge in [-0.25, -0.2) is 4.79 Å². The van der Waals surface area contributed by atoms with Crippen molar-refractivity contribution in [3.63, 3.8) is 0 Å². The summed E-state index contributed by atoms with van der Waals surface area (Å²) >= 11 is 0. The van der Waals surface area contributed by atoms with Crippen molar-refractivity contribution in [2.75, 3.05) is 0 Å². The Labute approximate surface area is 182 Å². The molecule has 0 aliphatic rings. The quantitative estimate of drug-likeness (QED) is 0.472. The lowest BCUT2D eigenvalue weighted by Gasteiger charge is -2.08. The van der Waals surface area contributed by atoms with Crippen LogP contribution < -0.4 is 0 Å². The zero-order chi connectivity index (χ0) is 22.2. The number of carbonyl (C=O) groups is 2. The molecule has 5 heteroatoms. The molecular weight excluding hydrogens is 390 g/mol. The van der Waals surface area contributed by atoms with Gasteiger partial charge in [0, 0.05) is 18.3 Å². The van der Waals surface area contributed by atoms with Gasteiger partial charge in [0.25, 0.3) is 0 Å². The van der Waals surface area contributed by atoms with Gasteiger partial charge in [0.2, 0.25) is 5.78 Å². The third-order valence-electron chi connectivity index (χ3n) is 5.13. The molecule has 0 unspecified atom stereocenters. The van der Waals surface area contributed by atoms with Gasteiger partial charge in [-0.2, -0.15) is 0 Å². The van der Waals surface area contributed by atoms with E-state index in [2.05, 4.69) is 6.92 Å². The number of ketones is 1. The molecule has 5 nitrogen and oxygen atoms in total. The molecule has 0 saturated heterocycles. The number of hydrogen-bond donors (Lipinski definition) is 1. The molecule has 160 valence electrons. The van der Waals surface area contributed by atoms with E-state index in [1.54, 1.807) is 0 Å². The molecule has 0 amide bonds. The number of aromatic nitrogens is 1. The molecule has 31 heavy (non-hydrogen) atoms. The third kappa shape index (κ3) is 6.03. The molecule has 3 aromatic rings. The smallest absolute Gasteiger partial charge is 0.332 e. The van der Waals surface area contributed by atoms with Crippen molar-refractivity contribution in [2.45, 2.75) is 39.5 Å². The molecule has 0 aliphatic carbocycles. The van der Waals surface area contributed by atoms with Crippen LogP contribution in [0.5, 0.6) is 0 Å². The summed E-state index contributed by atoms with van der Waals surface area (Å²) in [7, 11) is 0. The minimum Gasteiger partial charge on any atom is -0.479 e. The summed E-state index contributed by atoms with van der Waals surface area (Å²) in [6.07, 6.45) is 6.03. The maximum absolute atomic E-state index is 12.9. The molecule has 1 N–H and O–H groups in total. The Morgan fingerprint density at radius 2 is 1.71 bits per heavy atom. The van der Waals surface area contributed by atoms with E-state index >= 15 is 0 Å². The van der Waals surface area contributed by atoms with Gasteiger partial charge >= 0.3 is 5.97 Å². The first kappa shape index (κ1) is 22.2. The van der Waals surface area contributed by atoms with Crippen LogP contribution >= 0.6 is 0 Å². The van der Waals surface area contributed by atoms with Crippen LogP contribution in [-0.2, 0) is 29.1 Å². The van der Waals surface area contributed by atoms with Gasteiger partial charge in [0.05, 0.1) is 12.3 Å². The summed E-state index contributed by atoms with van der Waals surface area (Å²) in [5.74, 6) is -0.957. The number of aryl methyl sites for hydroxylation is 1. The van der Waals surface area contributed by atoms with Gasteiger partial charge in [-0.15, -0.1) is 0 Å². The molecule has 0 spiro atoms. The average Bonchev–Trinajstić information content (AvgIpc) is 3.26. The minimum absolute atomic E-state index is 0.0148. The van der Waals surface area contributed by atoms with Crippen LogP contribution in [0.15, 0.2) is 72.9 Å². The Bertz CT molecular complexity index is 1050. The number of carboxylic acid groups (broad SMARTS) is 1. The number of carboxylic acids is 1. The molecule has 1 atom stereocenters. The summed E-state index contributed by atoms with van der Waals surface area (Å²) in [6.45, 7) is 4.45. The zero-order valence-electron chi connectivity index (χ0n) is 17.8. The standard InChI is InChI=1S/C26H27NO4/c1-3-20-12-14-23(15-13-20)25(28)24-7-5-17-27(24)16-4-6-21-8-10-22(11-9-21)18-31-19(2)26(29)30/h4-15,17,19H,3,16,18H2,1-2H3,(H,29,30)/b6-4+/t19-/m1/s1. The van der Waals surface area contributed by atoms with Crippen LogP contribution in [0.25, 0.3) is 6.08 Å². The van der Waals surface area contributed by atoms with Gasteiger partial charge < -0.3 is 14.4 Å². The molecular formula is C26H27NO4. The number of carbonyl (C=O) groups excluding carboxylic acids is 1. The van der Waals surface area contributed by atoms with Gasteiger partial charge in [-0.05, 0) is 42.2 Å². The Kier molecular flexibility index (Phi) is 7.57. The average molecular weight is 418 g/mol. The fraction of sp³-hybridized carbons (Fsp3) is 0.231. The van der Waals surface area contributed by atoms with Crippen molar-refractivity contribution in [1.29, 1.82) is 0 Å². The van der Waals surface area contributed by atoms with E-state index in [-0.39, 0.29) is 12.4 Å². The van der Waals surface area contributed by atoms with E-state index < -0.39 is 12.1 Å². The van der Waals surface area contributed by atoms with Gasteiger partial charge in [-0.3, -0.25) is 4.79 Å². The van der Waals surface area contributed by atoms with Gasteiger partial charge in [-0.1, -0.05) is 67.6 Å². The summed E-state index contributed by atoms with van der Waals surface area (Å²) in [4.78, 5) is 23.7. The molecule has 2 aromatic carbocycles. The van der Waals surface area contributed by atoms with E-state index in [4.69, 9.17) is 9.84 Å². The second-order valence-electron chi connectivity index (χ2n) is 7.36. The number of rotatable bonds is 10. The molecule has 3 rings (SSSR count). The molecule has 0 saturated carbocycles. The first-order valence-corrected chi connectivity index (χ1v) is 10.4. The highest BCUT2D eigenvalue weighted by molar-refractivity contribution is 6.08. The predicted molar refractivity (Wildman–Crippen MR) is 121 cm³/mol. The topological polar surface area (TPSA) is 68.5 Å². The van der Waals surface area contributed by atoms with Crippen LogP contribution in [0, 0.1) is 0 Å². The van der Waals surface area contributed by atoms with Gasteiger partial charge in [0.1, 0.15) is 0 Å². The molecule has 0 aliphatic heterocycles. The van der Waals surface area contributed by atoms with Crippen LogP contribution in [0.2, 0.25) is 0 Å². The lowest BCUT2D eigenvalue weighted by Crippen LogP contribution is -2.19. The maximum atomic E-state index is 12.9. The maximum Gasteiger partial charge on any atom is 0.332 e. The normalized spacial score (nSPS) is 12.2. The molecule has 0 bridgehead atoms. The summed E-state index contributed by atoms with van der Waals surface area (Å²) < 4.78 is 7.22. The first-order chi connectivity index (χ1) is 15.0. The van der Waals surface area contributed by atoms with Crippen molar-refractivity contribution in [2.24, 2.45) is 0 Å². The largest absolute Gasteiger partial charge is 0.479 e. The predicted octanol–water partition coefficient (Wildman–Crippen LogP) is 4.98. The number of nitrogens with zero attached hydrogens (tertiary/aromatic N) is 1. The van der Waals surface area contributed by atoms with Crippen LogP contribution in [0.3, 0.4) is 0 Å². The second-order valence-corrected chi connectivity index (χ2v) is 7.36. The number of aliphatic carboxylic acids is 1. The minimum atomic E-state index is -0.972. The summed E-state index contributed by atoms with van der Waals surface area (Å²) in [5.41, 5.74) is 4.50. The Hall–Kier alpha value is -3.44. The van der Waals surface area contributed by atoms with E-state index in [1.807, 2.05) is 83.6 Å². The Balaban J connectivity index is 1.60. The van der Waals surface area contributed by atoms with E-state index in [0.29, 0.717) is 17.8 Å². The second kappa shape index (κ2) is 10.5. The van der Waals surface area contributed by atoms with Crippen LogP contribution in [-0.4, -0.2) is 27.5 Å². The zero-order valence-corrected chi connectivity index (χ0v) is 17.8. The van der Waals surface area contributed by atoms with Crippen LogP contribution in [0.1, 0.15) is 46.6 Å². The lowest BCUT2D eigenvalue weighted by molar-refractivity contribution is -0.149. The number of hydrogen-bond acceptors (Lipinski definition) is 3. The van der Waals surface area contributed by atoms with Crippen molar-refractivity contribution < 1.29 is 19.4 Å². The van der Waals surface area contributed by atoms with Crippen molar-refractivity contribution in [3.05, 3.63) is 101 Å². The van der Waals surface area contributed by atoms with E-state index in [1.165, 1.54) is 12.5 Å². The van der Waals surface area contributed by atoms with E-state index in [0.717, 1.165) is 17.5 Å². The highest BCUT2D eigenvalue weighted by Crippen LogP contribution is 2.14. The highest BCUT2D eigenvalue weighted by Gasteiger charge is 2.13. The number of benzene rings is 2. The Morgan fingerprint density at radius 1 is 1.03 bits per heavy atom. The molecule has 0 radical (unpaired) electrons. The fourth-order valence-electron chi connectivity index (χ4n) is 3.14. The molecule has 0 fully saturated rings. The van der Waals surface area contributed by atoms with Crippen molar-refractivity contribution >= 4 is 17.8 Å². The van der Waals surface area contributed by atoms with Crippen molar-refractivity contribution in [1.82, 2.24) is 4.57 Å². The fourth-order valence-corrected chi connectivity index (χ4v) is 3.14. The summed E-state index contributed by atoms with van der Waals surface area (Å²) in [5, 5.41) is 8.86. The van der Waals surface area contributed by atoms with Crippen molar-refractivity contribution in [3.8, 4) is 0 Å². The SMILES string of the molecule is CCc1ccc(C(=O)c2cccn2C/C=C/c2ccc(CO[C@H](C)C(=O)O)cc2)cc1. The number of allylic oxidation sites excluding steroid dienone is 1. The lowest BCUT2D eigenvalue weighted by atomic mass is 10.0. The Morgan fingerprint density at radius 3 is 2.35 bits per heavy atom. The first-order valence-electron chi connectivity index (χ1n) is 10.4. The molecule has 1 aromatic heterocycles. The molecule has 1 heterocycles. The van der Waals surface area contributed by atoms with Gasteiger partial charge in [0.15, 0.2) is 6.10 Å².